The quantitative estimate of drug-likeness (QED) is 0.711. The molecule has 4 saturated heterocycles. The number of likely N-dealkylation sites (N-methyl/N-ethyl adjacent to an activating group) is 1. The van der Waals surface area contributed by atoms with Crippen LogP contribution in [0.5, 0.6) is 0 Å². The zero-order valence-electron chi connectivity index (χ0n) is 12.2. The Morgan fingerprint density at radius 1 is 0.833 bits per heavy atom. The van der Waals surface area contributed by atoms with Crippen molar-refractivity contribution in [3.05, 3.63) is 0 Å². The summed E-state index contributed by atoms with van der Waals surface area (Å²) in [5, 5.41) is 0. The second-order valence-electron chi connectivity index (χ2n) is 7.04. The molecule has 3 heteroatoms. The predicted molar refractivity (Wildman–Crippen MR) is 75.5 cm³/mol. The molecule has 0 aromatic heterocycles. The molecule has 4 fully saturated rings. The largest absolute Gasteiger partial charge is 0.326 e. The SMILES string of the molecule is CN1[C@H]2CC[C@@H]1[C@@H](N)C2.C[C@@H]1C[C@H]2CC[C@@H]1N2C. The molecule has 0 spiro atoms. The van der Waals surface area contributed by atoms with Gasteiger partial charge in [0.15, 0.2) is 0 Å². The molecule has 18 heavy (non-hydrogen) atoms. The van der Waals surface area contributed by atoms with Gasteiger partial charge in [-0.25, -0.2) is 0 Å². The molecule has 0 saturated carbocycles. The summed E-state index contributed by atoms with van der Waals surface area (Å²) < 4.78 is 0. The van der Waals surface area contributed by atoms with E-state index in [-0.39, 0.29) is 0 Å². The first kappa shape index (κ1) is 12.9. The van der Waals surface area contributed by atoms with Crippen LogP contribution in [0, 0.1) is 5.92 Å². The third-order valence-corrected chi connectivity index (χ3v) is 6.13. The maximum absolute atomic E-state index is 5.87. The van der Waals surface area contributed by atoms with Crippen LogP contribution in [0.15, 0.2) is 0 Å². The van der Waals surface area contributed by atoms with Crippen molar-refractivity contribution in [3.63, 3.8) is 0 Å². The van der Waals surface area contributed by atoms with Crippen molar-refractivity contribution in [1.29, 1.82) is 0 Å². The van der Waals surface area contributed by atoms with Crippen molar-refractivity contribution < 1.29 is 0 Å². The Morgan fingerprint density at radius 2 is 1.39 bits per heavy atom. The minimum absolute atomic E-state index is 0.480. The summed E-state index contributed by atoms with van der Waals surface area (Å²) in [4.78, 5) is 5.02. The molecule has 4 aliphatic rings. The Labute approximate surface area is 112 Å². The Bertz CT molecular complexity index is 276. The molecule has 4 heterocycles. The Hall–Kier alpha value is -0.120. The number of rotatable bonds is 0. The fourth-order valence-electron chi connectivity index (χ4n) is 4.91. The Morgan fingerprint density at radius 3 is 1.56 bits per heavy atom. The van der Waals surface area contributed by atoms with Gasteiger partial charge in [0.25, 0.3) is 0 Å². The highest BCUT2D eigenvalue weighted by Crippen LogP contribution is 2.39. The van der Waals surface area contributed by atoms with Crippen molar-refractivity contribution in [1.82, 2.24) is 9.80 Å². The van der Waals surface area contributed by atoms with Gasteiger partial charge in [0.1, 0.15) is 0 Å². The predicted octanol–water partition coefficient (Wildman–Crippen LogP) is 1.67. The molecule has 6 atom stereocenters. The van der Waals surface area contributed by atoms with Gasteiger partial charge < -0.3 is 10.6 Å². The zero-order chi connectivity index (χ0) is 12.9. The average Bonchev–Trinajstić information content (AvgIpc) is 3.02. The van der Waals surface area contributed by atoms with Gasteiger partial charge in [-0.3, -0.25) is 4.90 Å². The molecule has 0 aliphatic carbocycles. The smallest absolute Gasteiger partial charge is 0.0248 e. The van der Waals surface area contributed by atoms with Crippen molar-refractivity contribution in [3.8, 4) is 0 Å². The van der Waals surface area contributed by atoms with E-state index in [0.717, 1.165) is 30.1 Å². The topological polar surface area (TPSA) is 32.5 Å². The fourth-order valence-corrected chi connectivity index (χ4v) is 4.91. The lowest BCUT2D eigenvalue weighted by atomic mass is 9.91. The number of nitrogens with zero attached hydrogens (tertiary/aromatic N) is 2. The highest BCUT2D eigenvalue weighted by atomic mass is 15.2. The number of nitrogens with two attached hydrogens (primary N) is 1. The molecular formula is C15H29N3. The lowest BCUT2D eigenvalue weighted by Gasteiger charge is -2.16. The lowest BCUT2D eigenvalue weighted by Crippen LogP contribution is -2.34. The first-order valence-electron chi connectivity index (χ1n) is 7.77. The third kappa shape index (κ3) is 2.00. The Kier molecular flexibility index (Phi) is 3.41. The third-order valence-electron chi connectivity index (χ3n) is 6.13. The fraction of sp³-hybridized carbons (Fsp3) is 1.00. The van der Waals surface area contributed by atoms with E-state index in [1.54, 1.807) is 0 Å². The van der Waals surface area contributed by atoms with Gasteiger partial charge in [-0.1, -0.05) is 6.92 Å². The van der Waals surface area contributed by atoms with Crippen LogP contribution in [-0.4, -0.2) is 54.1 Å². The van der Waals surface area contributed by atoms with E-state index in [9.17, 15) is 0 Å². The van der Waals surface area contributed by atoms with Crippen LogP contribution in [0.3, 0.4) is 0 Å². The van der Waals surface area contributed by atoms with Gasteiger partial charge in [0.05, 0.1) is 0 Å². The van der Waals surface area contributed by atoms with Gasteiger partial charge in [-0.15, -0.1) is 0 Å². The molecule has 0 aromatic rings. The first-order chi connectivity index (χ1) is 8.58. The van der Waals surface area contributed by atoms with E-state index in [4.69, 9.17) is 5.73 Å². The molecule has 0 amide bonds. The van der Waals surface area contributed by atoms with Gasteiger partial charge >= 0.3 is 0 Å². The first-order valence-corrected chi connectivity index (χ1v) is 7.77. The highest BCUT2D eigenvalue weighted by molar-refractivity contribution is 5.00. The lowest BCUT2D eigenvalue weighted by molar-refractivity contribution is 0.296. The van der Waals surface area contributed by atoms with Gasteiger partial charge in [-0.2, -0.15) is 0 Å². The molecule has 0 radical (unpaired) electrons. The van der Waals surface area contributed by atoms with Crippen molar-refractivity contribution in [2.45, 2.75) is 75.7 Å². The van der Waals surface area contributed by atoms with Crippen LogP contribution in [0.1, 0.15) is 45.4 Å². The second kappa shape index (κ2) is 4.77. The summed E-state index contributed by atoms with van der Waals surface area (Å²) in [5.41, 5.74) is 5.87. The van der Waals surface area contributed by atoms with Crippen molar-refractivity contribution >= 4 is 0 Å². The monoisotopic (exact) mass is 251 g/mol. The van der Waals surface area contributed by atoms with E-state index in [2.05, 4.69) is 30.8 Å². The molecule has 4 rings (SSSR count). The van der Waals surface area contributed by atoms with Gasteiger partial charge in [0, 0.05) is 30.2 Å². The number of hydrogen-bond donors (Lipinski definition) is 1. The summed E-state index contributed by atoms with van der Waals surface area (Å²) in [6.07, 6.45) is 8.34. The number of fused-ring (bicyclic) bond motifs is 4. The van der Waals surface area contributed by atoms with E-state index in [1.165, 1.54) is 38.5 Å². The molecule has 3 nitrogen and oxygen atoms in total. The molecule has 2 N–H and O–H groups in total. The molecule has 4 aliphatic heterocycles. The number of hydrogen-bond acceptors (Lipinski definition) is 3. The summed E-state index contributed by atoms with van der Waals surface area (Å²) in [6.45, 7) is 2.39. The molecule has 0 aromatic carbocycles. The highest BCUT2D eigenvalue weighted by Gasteiger charge is 2.42. The van der Waals surface area contributed by atoms with Crippen LogP contribution in [0.25, 0.3) is 0 Å². The summed E-state index contributed by atoms with van der Waals surface area (Å²) in [5.74, 6) is 0.980. The summed E-state index contributed by atoms with van der Waals surface area (Å²) in [7, 11) is 4.49. The summed E-state index contributed by atoms with van der Waals surface area (Å²) >= 11 is 0. The van der Waals surface area contributed by atoms with E-state index in [0.29, 0.717) is 6.04 Å². The standard InChI is InChI=1S/C8H15N.C7H14N2/c1-6-5-7-3-4-8(6)9(7)2;1-9-5-2-3-7(9)6(8)4-5/h6-8H,3-5H2,1-2H3;5-7H,2-4,8H2,1H3/t6-,7-,8+;5-,6-,7+/m10/s1. The van der Waals surface area contributed by atoms with Crippen LogP contribution in [0.4, 0.5) is 0 Å². The van der Waals surface area contributed by atoms with Crippen LogP contribution >= 0.6 is 0 Å². The van der Waals surface area contributed by atoms with Gasteiger partial charge in [0.2, 0.25) is 0 Å². The zero-order valence-corrected chi connectivity index (χ0v) is 12.2. The molecule has 104 valence electrons. The van der Waals surface area contributed by atoms with E-state index in [1.807, 2.05) is 0 Å². The van der Waals surface area contributed by atoms with Crippen LogP contribution < -0.4 is 5.73 Å². The van der Waals surface area contributed by atoms with Crippen LogP contribution in [0.2, 0.25) is 0 Å². The minimum atomic E-state index is 0.480. The average molecular weight is 251 g/mol. The van der Waals surface area contributed by atoms with Crippen molar-refractivity contribution in [2.75, 3.05) is 14.1 Å². The second-order valence-corrected chi connectivity index (χ2v) is 7.04. The van der Waals surface area contributed by atoms with Crippen LogP contribution in [-0.2, 0) is 0 Å². The normalized spacial score (nSPS) is 50.7. The maximum Gasteiger partial charge on any atom is 0.0248 e. The van der Waals surface area contributed by atoms with Crippen molar-refractivity contribution in [2.24, 2.45) is 11.7 Å². The van der Waals surface area contributed by atoms with Gasteiger partial charge in [-0.05, 0) is 58.5 Å². The Balaban J connectivity index is 0.000000111. The molecule has 0 unspecified atom stereocenters. The maximum atomic E-state index is 5.87. The van der Waals surface area contributed by atoms with E-state index < -0.39 is 0 Å². The van der Waals surface area contributed by atoms with E-state index >= 15 is 0 Å². The molecule has 4 bridgehead atoms. The minimum Gasteiger partial charge on any atom is -0.326 e. The summed E-state index contributed by atoms with van der Waals surface area (Å²) in [6, 6.07) is 3.91. The molecular weight excluding hydrogens is 222 g/mol.